The van der Waals surface area contributed by atoms with Crippen molar-refractivity contribution < 1.29 is 37.1 Å². The molecule has 3 fully saturated rings. The summed E-state index contributed by atoms with van der Waals surface area (Å²) >= 11 is 3.37. The third-order valence-corrected chi connectivity index (χ3v) is 11.1. The van der Waals surface area contributed by atoms with Gasteiger partial charge in [-0.3, -0.25) is 24.2 Å². The van der Waals surface area contributed by atoms with Gasteiger partial charge in [0.15, 0.2) is 15.6 Å². The van der Waals surface area contributed by atoms with Crippen LogP contribution in [0.3, 0.4) is 0 Å². The smallest absolute Gasteiger partial charge is 0.307 e. The Bertz CT molecular complexity index is 1460. The van der Waals surface area contributed by atoms with Gasteiger partial charge in [0.05, 0.1) is 30.3 Å². The second-order valence-electron chi connectivity index (χ2n) is 14.5. The van der Waals surface area contributed by atoms with Gasteiger partial charge >= 0.3 is 5.97 Å². The molecular formula is C32H44BrN3O8S. The summed E-state index contributed by atoms with van der Waals surface area (Å²) in [7, 11) is -3.61. The number of likely N-dealkylation sites (tertiary alicyclic amines) is 1. The van der Waals surface area contributed by atoms with Crippen molar-refractivity contribution in [2.45, 2.75) is 102 Å². The first-order valence-corrected chi connectivity index (χ1v) is 17.8. The minimum Gasteiger partial charge on any atom is -0.487 e. The summed E-state index contributed by atoms with van der Waals surface area (Å²) in [6, 6.07) is 0.682. The summed E-state index contributed by atoms with van der Waals surface area (Å²) in [5, 5.41) is 2.32. The number of aromatic nitrogens is 1. The molecule has 2 aliphatic carbocycles. The molecular weight excluding hydrogens is 666 g/mol. The van der Waals surface area contributed by atoms with Crippen LogP contribution in [0, 0.1) is 17.3 Å². The molecule has 1 aliphatic heterocycles. The molecule has 1 aromatic rings. The molecule has 5 atom stereocenters. The number of ketones is 1. The Morgan fingerprint density at radius 2 is 1.84 bits per heavy atom. The number of rotatable bonds is 12. The monoisotopic (exact) mass is 709 g/mol. The number of hydrogen-bond donors (Lipinski definition) is 1. The van der Waals surface area contributed by atoms with Gasteiger partial charge in [0, 0.05) is 23.0 Å². The molecule has 3 aliphatic rings. The molecule has 2 heterocycles. The van der Waals surface area contributed by atoms with E-state index in [0.29, 0.717) is 23.1 Å². The summed E-state index contributed by atoms with van der Waals surface area (Å²) in [5.41, 5.74) is -2.81. The summed E-state index contributed by atoms with van der Waals surface area (Å²) in [6.45, 7) is 14.6. The number of sulfone groups is 1. The van der Waals surface area contributed by atoms with E-state index in [4.69, 9.17) is 9.47 Å². The molecule has 1 aromatic heterocycles. The molecule has 2 amide bonds. The van der Waals surface area contributed by atoms with Gasteiger partial charge in [-0.1, -0.05) is 26.8 Å². The largest absolute Gasteiger partial charge is 0.487 e. The third kappa shape index (κ3) is 8.52. The number of Topliss-reactive ketones (excluding diaryl/α,β-unsaturated/α-hetero) is 1. The fourth-order valence-corrected chi connectivity index (χ4v) is 7.86. The molecule has 2 unspecified atom stereocenters. The Morgan fingerprint density at radius 1 is 1.18 bits per heavy atom. The molecule has 0 aromatic carbocycles. The van der Waals surface area contributed by atoms with Crippen LogP contribution in [0.4, 0.5) is 0 Å². The van der Waals surface area contributed by atoms with E-state index in [1.54, 1.807) is 39.1 Å². The van der Waals surface area contributed by atoms with Crippen LogP contribution in [-0.4, -0.2) is 82.7 Å². The number of amides is 2. The standard InChI is InChI=1S/C32H44BrN3O8S/c1-8-19-14-32(19,26(37)18-45(41,42)23-9-10-23)35-28(39)25-12-22(43-21-11-20(33)15-34-16-21)17-36(25)29(40)24(30(2,3)4)13-27(38)44-31(5,6)7/h8,11,15-16,19,22-25H,1,9-10,12-14,17-18H2,2-7H3,(H,35,39)/t19?,22-,24-,25+,32?/m1/s1. The van der Waals surface area contributed by atoms with Crippen LogP contribution in [0.25, 0.3) is 0 Å². The van der Waals surface area contributed by atoms with Gasteiger partial charge in [0.1, 0.15) is 34.8 Å². The first-order chi connectivity index (χ1) is 20.8. The number of nitrogens with zero attached hydrogens (tertiary/aromatic N) is 2. The molecule has 0 spiro atoms. The zero-order valence-electron chi connectivity index (χ0n) is 26.8. The van der Waals surface area contributed by atoms with Crippen LogP contribution >= 0.6 is 15.9 Å². The molecule has 11 nitrogen and oxygen atoms in total. The predicted molar refractivity (Wildman–Crippen MR) is 171 cm³/mol. The van der Waals surface area contributed by atoms with Crippen molar-refractivity contribution in [3.63, 3.8) is 0 Å². The Hall–Kier alpha value is -2.80. The molecule has 0 radical (unpaired) electrons. The molecule has 1 N–H and O–H groups in total. The van der Waals surface area contributed by atoms with Crippen molar-refractivity contribution in [1.82, 2.24) is 15.2 Å². The number of esters is 1. The second-order valence-corrected chi connectivity index (χ2v) is 17.7. The first-order valence-electron chi connectivity index (χ1n) is 15.2. The number of hydrogen-bond acceptors (Lipinski definition) is 9. The zero-order valence-corrected chi connectivity index (χ0v) is 29.2. The molecule has 13 heteroatoms. The fourth-order valence-electron chi connectivity index (χ4n) is 5.80. The Kier molecular flexibility index (Phi) is 9.95. The van der Waals surface area contributed by atoms with Gasteiger partial charge in [0.2, 0.25) is 11.8 Å². The Labute approximate surface area is 273 Å². The number of nitrogens with one attached hydrogen (secondary N) is 1. The van der Waals surface area contributed by atoms with Crippen molar-refractivity contribution in [2.75, 3.05) is 12.3 Å². The van der Waals surface area contributed by atoms with Crippen LogP contribution in [0.2, 0.25) is 0 Å². The molecule has 2 saturated carbocycles. The highest BCUT2D eigenvalue weighted by Crippen LogP contribution is 2.46. The Morgan fingerprint density at radius 3 is 2.38 bits per heavy atom. The van der Waals surface area contributed by atoms with E-state index < -0.39 is 84.9 Å². The third-order valence-electron chi connectivity index (χ3n) is 8.47. The molecule has 4 rings (SSSR count). The van der Waals surface area contributed by atoms with Gasteiger partial charge in [-0.15, -0.1) is 6.58 Å². The lowest BCUT2D eigenvalue weighted by Gasteiger charge is -2.35. The highest BCUT2D eigenvalue weighted by molar-refractivity contribution is 9.10. The summed E-state index contributed by atoms with van der Waals surface area (Å²) in [5.74, 6) is -3.58. The van der Waals surface area contributed by atoms with Gasteiger partial charge < -0.3 is 19.7 Å². The van der Waals surface area contributed by atoms with E-state index >= 15 is 0 Å². The average molecular weight is 711 g/mol. The van der Waals surface area contributed by atoms with Crippen LogP contribution < -0.4 is 10.1 Å². The fraction of sp³-hybridized carbons (Fsp3) is 0.656. The highest BCUT2D eigenvalue weighted by atomic mass is 79.9. The minimum absolute atomic E-state index is 0.0478. The van der Waals surface area contributed by atoms with Crippen LogP contribution in [0.1, 0.15) is 73.6 Å². The molecule has 0 bridgehead atoms. The lowest BCUT2D eigenvalue weighted by molar-refractivity contribution is -0.161. The maximum atomic E-state index is 14.3. The maximum Gasteiger partial charge on any atom is 0.307 e. The molecule has 1 saturated heterocycles. The lowest BCUT2D eigenvalue weighted by atomic mass is 9.77. The number of carbonyl (C=O) groups excluding carboxylic acids is 4. The van der Waals surface area contributed by atoms with E-state index in [2.05, 4.69) is 32.8 Å². The average Bonchev–Trinajstić information content (AvgIpc) is 3.82. The summed E-state index contributed by atoms with van der Waals surface area (Å²) < 4.78 is 37.7. The first kappa shape index (κ1) is 35.1. The van der Waals surface area contributed by atoms with E-state index in [9.17, 15) is 27.6 Å². The van der Waals surface area contributed by atoms with Crippen LogP contribution in [0.15, 0.2) is 35.6 Å². The maximum absolute atomic E-state index is 14.3. The quantitative estimate of drug-likeness (QED) is 0.253. The Balaban J connectivity index is 1.60. The highest BCUT2D eigenvalue weighted by Gasteiger charge is 2.61. The van der Waals surface area contributed by atoms with E-state index in [1.165, 1.54) is 11.1 Å². The van der Waals surface area contributed by atoms with E-state index in [-0.39, 0.29) is 25.8 Å². The van der Waals surface area contributed by atoms with Gasteiger partial charge in [0.25, 0.3) is 0 Å². The van der Waals surface area contributed by atoms with E-state index in [0.717, 1.165) is 0 Å². The SMILES string of the molecule is C=CC1CC1(NC(=O)[C@@H]1C[C@@H](Oc2cncc(Br)c2)CN1C(=O)[C@@H](CC(=O)OC(C)(C)C)C(C)(C)C)C(=O)CS(=O)(=O)C1CC1. The van der Waals surface area contributed by atoms with Gasteiger partial charge in [-0.05, 0) is 67.4 Å². The molecule has 45 heavy (non-hydrogen) atoms. The van der Waals surface area contributed by atoms with Crippen LogP contribution in [0.5, 0.6) is 5.75 Å². The summed E-state index contributed by atoms with van der Waals surface area (Å²) in [6.07, 6.45) is 5.29. The van der Waals surface area contributed by atoms with Crippen LogP contribution in [-0.2, 0) is 33.8 Å². The van der Waals surface area contributed by atoms with E-state index in [1.807, 2.05) is 20.8 Å². The topological polar surface area (TPSA) is 149 Å². The normalized spacial score (nSPS) is 25.7. The number of carbonyl (C=O) groups is 4. The van der Waals surface area contributed by atoms with Crippen molar-refractivity contribution in [3.05, 3.63) is 35.6 Å². The van der Waals surface area contributed by atoms with Crippen molar-refractivity contribution in [1.29, 1.82) is 0 Å². The van der Waals surface area contributed by atoms with Crippen molar-refractivity contribution >= 4 is 49.3 Å². The van der Waals surface area contributed by atoms with Crippen molar-refractivity contribution in [2.24, 2.45) is 17.3 Å². The predicted octanol–water partition coefficient (Wildman–Crippen LogP) is 3.79. The summed E-state index contributed by atoms with van der Waals surface area (Å²) in [4.78, 5) is 60.1. The molecule has 248 valence electrons. The zero-order chi connectivity index (χ0) is 33.5. The second kappa shape index (κ2) is 12.8. The minimum atomic E-state index is -3.61. The van der Waals surface area contributed by atoms with Crippen molar-refractivity contribution in [3.8, 4) is 5.75 Å². The lowest BCUT2D eigenvalue weighted by Crippen LogP contribution is -2.55. The number of ether oxygens (including phenoxy) is 2. The van der Waals surface area contributed by atoms with Gasteiger partial charge in [-0.2, -0.15) is 0 Å². The number of pyridine rings is 1. The van der Waals surface area contributed by atoms with Gasteiger partial charge in [-0.25, -0.2) is 8.42 Å². The number of halogens is 1.